The zero-order chi connectivity index (χ0) is 17.3. The van der Waals surface area contributed by atoms with Gasteiger partial charge in [-0.3, -0.25) is 19.2 Å². The molecule has 0 aromatic heterocycles. The van der Waals surface area contributed by atoms with Crippen molar-refractivity contribution in [3.8, 4) is 12.0 Å². The number of hydrogen-bond donors (Lipinski definition) is 0. The van der Waals surface area contributed by atoms with Crippen molar-refractivity contribution in [3.05, 3.63) is 47.0 Å². The lowest BCUT2D eigenvalue weighted by atomic mass is 10.1. The van der Waals surface area contributed by atoms with Crippen molar-refractivity contribution in [1.82, 2.24) is 4.90 Å². The molecular weight excluding hydrogens is 310 g/mol. The number of ketones is 1. The van der Waals surface area contributed by atoms with Crippen LogP contribution in [0.3, 0.4) is 0 Å². The minimum atomic E-state index is -0.564. The summed E-state index contributed by atoms with van der Waals surface area (Å²) in [5.41, 5.74) is 1.07. The summed E-state index contributed by atoms with van der Waals surface area (Å²) in [5.74, 6) is 1.13. The summed E-state index contributed by atoms with van der Waals surface area (Å²) in [7, 11) is 0. The van der Waals surface area contributed by atoms with E-state index in [2.05, 4.69) is 12.0 Å². The molecule has 0 saturated heterocycles. The zero-order valence-corrected chi connectivity index (χ0v) is 12.9. The van der Waals surface area contributed by atoms with Gasteiger partial charge in [0.05, 0.1) is 17.5 Å². The van der Waals surface area contributed by atoms with Crippen LogP contribution in [0.1, 0.15) is 40.5 Å². The van der Waals surface area contributed by atoms with Gasteiger partial charge in [-0.15, -0.1) is 0 Å². The first-order chi connectivity index (χ1) is 11.5. The highest BCUT2D eigenvalue weighted by molar-refractivity contribution is 6.22. The van der Waals surface area contributed by atoms with E-state index in [0.717, 1.165) is 4.90 Å². The van der Waals surface area contributed by atoms with Crippen LogP contribution in [0.2, 0.25) is 0 Å². The molecule has 0 spiro atoms. The lowest BCUT2D eigenvalue weighted by Gasteiger charge is -2.05. The number of benzene rings is 1. The molecule has 6 nitrogen and oxygen atoms in total. The van der Waals surface area contributed by atoms with E-state index in [1.807, 2.05) is 0 Å². The molecule has 0 unspecified atom stereocenters. The molecular formula is C18H13NO5. The summed E-state index contributed by atoms with van der Waals surface area (Å²) in [4.78, 5) is 47.9. The van der Waals surface area contributed by atoms with Gasteiger partial charge in [-0.05, 0) is 18.2 Å². The molecule has 0 saturated carbocycles. The quantitative estimate of drug-likeness (QED) is 0.468. The monoisotopic (exact) mass is 323 g/mol. The number of allylic oxidation sites excluding steroid dienone is 1. The van der Waals surface area contributed by atoms with Crippen LogP contribution >= 0.6 is 0 Å². The minimum Gasteiger partial charge on any atom is -0.458 e. The molecule has 6 heteroatoms. The van der Waals surface area contributed by atoms with Crippen LogP contribution < -0.4 is 0 Å². The zero-order valence-electron chi connectivity index (χ0n) is 12.9. The van der Waals surface area contributed by atoms with Gasteiger partial charge in [-0.2, -0.15) is 4.90 Å². The topological polar surface area (TPSA) is 80.8 Å². The van der Waals surface area contributed by atoms with Crippen LogP contribution in [-0.2, 0) is 14.3 Å². The summed E-state index contributed by atoms with van der Waals surface area (Å²) in [6.07, 6.45) is 1.18. The average molecular weight is 323 g/mol. The predicted octanol–water partition coefficient (Wildman–Crippen LogP) is 1.46. The molecule has 24 heavy (non-hydrogen) atoms. The summed E-state index contributed by atoms with van der Waals surface area (Å²) < 4.78 is 4.97. The number of esters is 1. The number of fused-ring (bicyclic) bond motifs is 1. The average Bonchev–Trinajstić information content (AvgIpc) is 2.99. The van der Waals surface area contributed by atoms with Gasteiger partial charge in [0.25, 0.3) is 11.8 Å². The van der Waals surface area contributed by atoms with Gasteiger partial charge in [-0.25, -0.2) is 0 Å². The molecule has 1 aliphatic heterocycles. The molecule has 120 valence electrons. The maximum Gasteiger partial charge on any atom is 0.303 e. The first kappa shape index (κ1) is 15.7. The van der Waals surface area contributed by atoms with Crippen LogP contribution in [0.15, 0.2) is 35.9 Å². The molecule has 1 aromatic rings. The van der Waals surface area contributed by atoms with Gasteiger partial charge in [0.1, 0.15) is 6.10 Å². The third kappa shape index (κ3) is 2.84. The van der Waals surface area contributed by atoms with Crippen molar-refractivity contribution in [2.45, 2.75) is 25.9 Å². The van der Waals surface area contributed by atoms with E-state index in [1.54, 1.807) is 30.3 Å². The second kappa shape index (κ2) is 6.13. The van der Waals surface area contributed by atoms with Gasteiger partial charge in [0, 0.05) is 25.0 Å². The van der Waals surface area contributed by atoms with Gasteiger partial charge in [0.15, 0.2) is 5.78 Å². The lowest BCUT2D eigenvalue weighted by Crippen LogP contribution is -2.24. The Kier molecular flexibility index (Phi) is 4.00. The fourth-order valence-electron chi connectivity index (χ4n) is 2.64. The fraction of sp³-hybridized carbons (Fsp3) is 0.222. The van der Waals surface area contributed by atoms with Crippen LogP contribution in [-0.4, -0.2) is 34.6 Å². The first-order valence-corrected chi connectivity index (χ1v) is 7.35. The third-order valence-electron chi connectivity index (χ3n) is 3.71. The number of imide groups is 1. The molecule has 3 rings (SSSR count). The smallest absolute Gasteiger partial charge is 0.303 e. The van der Waals surface area contributed by atoms with Crippen LogP contribution in [0.5, 0.6) is 0 Å². The van der Waals surface area contributed by atoms with E-state index >= 15 is 0 Å². The van der Waals surface area contributed by atoms with Crippen molar-refractivity contribution in [1.29, 1.82) is 0 Å². The number of nitrogens with zero attached hydrogens (tertiary/aromatic N) is 1. The molecule has 0 fully saturated rings. The van der Waals surface area contributed by atoms with Crippen LogP contribution in [0.25, 0.3) is 0 Å². The van der Waals surface area contributed by atoms with Crippen molar-refractivity contribution in [2.75, 3.05) is 0 Å². The number of hydrogen-bond acceptors (Lipinski definition) is 5. The molecule has 1 atom stereocenters. The molecule has 1 aromatic carbocycles. The number of carbonyl (C=O) groups is 4. The molecule has 0 N–H and O–H groups in total. The Morgan fingerprint density at radius 1 is 1.21 bits per heavy atom. The summed E-state index contributed by atoms with van der Waals surface area (Å²) in [6.45, 7) is 1.28. The summed E-state index contributed by atoms with van der Waals surface area (Å²) >= 11 is 0. The summed E-state index contributed by atoms with van der Waals surface area (Å²) in [5, 5.41) is 0. The highest BCUT2D eigenvalue weighted by Gasteiger charge is 2.34. The van der Waals surface area contributed by atoms with Gasteiger partial charge in [-0.1, -0.05) is 18.1 Å². The molecule has 2 aliphatic rings. The Balaban J connectivity index is 1.71. The van der Waals surface area contributed by atoms with E-state index < -0.39 is 23.9 Å². The van der Waals surface area contributed by atoms with Crippen molar-refractivity contribution in [2.24, 2.45) is 0 Å². The maximum atomic E-state index is 12.1. The Bertz CT molecular complexity index is 821. The lowest BCUT2D eigenvalue weighted by molar-refractivity contribution is -0.144. The van der Waals surface area contributed by atoms with E-state index in [9.17, 15) is 19.2 Å². The Morgan fingerprint density at radius 2 is 1.83 bits per heavy atom. The number of amides is 2. The molecule has 0 bridgehead atoms. The van der Waals surface area contributed by atoms with Crippen molar-refractivity contribution < 1.29 is 23.9 Å². The van der Waals surface area contributed by atoms with Gasteiger partial charge in [0.2, 0.25) is 0 Å². The standard InChI is InChI=1S/C18H13NO5/c1-11(20)24-13-9-12(16(21)10-13)5-4-8-19-17(22)14-6-2-3-7-15(14)18(19)23/h2-3,6-7,9,13H,5,10H2,1H3/t13-/m0/s1. The van der Waals surface area contributed by atoms with E-state index in [0.29, 0.717) is 16.7 Å². The van der Waals surface area contributed by atoms with E-state index in [1.165, 1.54) is 6.92 Å². The minimum absolute atomic E-state index is 0.0873. The third-order valence-corrected chi connectivity index (χ3v) is 3.71. The first-order valence-electron chi connectivity index (χ1n) is 7.35. The second-order valence-electron chi connectivity index (χ2n) is 5.42. The number of rotatable bonds is 2. The number of carbonyl (C=O) groups excluding carboxylic acids is 4. The van der Waals surface area contributed by atoms with Crippen LogP contribution in [0, 0.1) is 12.0 Å². The molecule has 1 aliphatic carbocycles. The molecule has 1 heterocycles. The highest BCUT2D eigenvalue weighted by Crippen LogP contribution is 2.22. The predicted molar refractivity (Wildman–Crippen MR) is 82.6 cm³/mol. The Hall–Kier alpha value is -3.20. The van der Waals surface area contributed by atoms with Crippen LogP contribution in [0.4, 0.5) is 0 Å². The van der Waals surface area contributed by atoms with Gasteiger partial charge >= 0.3 is 5.97 Å². The Morgan fingerprint density at radius 3 is 2.42 bits per heavy atom. The SMILES string of the molecule is CC(=O)O[C@H]1C=C(CC#CN2C(=O)c3ccccc3C2=O)C(=O)C1. The largest absolute Gasteiger partial charge is 0.458 e. The second-order valence-corrected chi connectivity index (χ2v) is 5.42. The van der Waals surface area contributed by atoms with Gasteiger partial charge < -0.3 is 4.74 Å². The maximum absolute atomic E-state index is 12.1. The molecule has 2 amide bonds. The number of ether oxygens (including phenoxy) is 1. The van der Waals surface area contributed by atoms with E-state index in [4.69, 9.17) is 4.74 Å². The highest BCUT2D eigenvalue weighted by atomic mass is 16.5. The fourth-order valence-corrected chi connectivity index (χ4v) is 2.64. The Labute approximate surface area is 138 Å². The number of Topliss-reactive ketones (excluding diaryl/α,β-unsaturated/α-hetero) is 1. The molecule has 0 radical (unpaired) electrons. The van der Waals surface area contributed by atoms with Crippen molar-refractivity contribution in [3.63, 3.8) is 0 Å². The van der Waals surface area contributed by atoms with Crippen molar-refractivity contribution >= 4 is 23.6 Å². The normalized spacial score (nSPS) is 18.9. The van der Waals surface area contributed by atoms with E-state index in [-0.39, 0.29) is 18.6 Å². The summed E-state index contributed by atoms with van der Waals surface area (Å²) in [6, 6.07) is 9.02.